The van der Waals surface area contributed by atoms with Crippen LogP contribution in [0.2, 0.25) is 0 Å². The third-order valence-electron chi connectivity index (χ3n) is 4.46. The van der Waals surface area contributed by atoms with E-state index in [0.29, 0.717) is 18.8 Å². The molecule has 2 saturated carbocycles. The lowest BCUT2D eigenvalue weighted by atomic mass is 9.80. The van der Waals surface area contributed by atoms with Gasteiger partial charge >= 0.3 is 6.18 Å². The maximum atomic E-state index is 12.5. The first-order chi connectivity index (χ1) is 9.36. The number of nitrogens with one attached hydrogen (secondary N) is 1. The molecule has 0 aliphatic heterocycles. The van der Waals surface area contributed by atoms with Crippen LogP contribution in [0.25, 0.3) is 0 Å². The number of amides is 1. The zero-order valence-corrected chi connectivity index (χ0v) is 11.5. The number of carbonyl (C=O) groups is 1. The van der Waals surface area contributed by atoms with E-state index < -0.39 is 18.2 Å². The van der Waals surface area contributed by atoms with Gasteiger partial charge in [0, 0.05) is 13.0 Å². The van der Waals surface area contributed by atoms with Crippen molar-refractivity contribution in [1.29, 1.82) is 0 Å². The maximum Gasteiger partial charge on any atom is 0.391 e. The molecule has 0 aromatic heterocycles. The van der Waals surface area contributed by atoms with Gasteiger partial charge in [-0.3, -0.25) is 4.79 Å². The normalized spacial score (nSPS) is 29.0. The monoisotopic (exact) mass is 293 g/mol. The van der Waals surface area contributed by atoms with E-state index >= 15 is 0 Å². The standard InChI is InChI=1S/C14H22F3NO2/c15-14(16,17)11-5-1-9(2-6-11)7-13(20)18-8-12(19)10-3-4-10/h9-12,19H,1-8H2,(H,18,20)/t9?,11?,12-/m0/s1. The van der Waals surface area contributed by atoms with Gasteiger partial charge in [-0.15, -0.1) is 0 Å². The molecule has 0 aromatic rings. The van der Waals surface area contributed by atoms with Crippen LogP contribution in [-0.4, -0.2) is 29.8 Å². The van der Waals surface area contributed by atoms with Crippen molar-refractivity contribution >= 4 is 5.91 Å². The predicted octanol–water partition coefficient (Wildman–Crippen LogP) is 2.63. The second-order valence-electron chi connectivity index (χ2n) is 6.17. The number of carbonyl (C=O) groups excluding carboxylic acids is 1. The van der Waals surface area contributed by atoms with Crippen LogP contribution >= 0.6 is 0 Å². The third kappa shape index (κ3) is 4.65. The Bertz CT molecular complexity index is 334. The largest absolute Gasteiger partial charge is 0.391 e. The van der Waals surface area contributed by atoms with Gasteiger partial charge in [0.15, 0.2) is 0 Å². The lowest BCUT2D eigenvalue weighted by Gasteiger charge is -2.29. The number of halogens is 3. The molecule has 2 rings (SSSR count). The number of aliphatic hydroxyl groups is 1. The van der Waals surface area contributed by atoms with Gasteiger partial charge in [-0.25, -0.2) is 0 Å². The van der Waals surface area contributed by atoms with Gasteiger partial charge in [-0.1, -0.05) is 0 Å². The van der Waals surface area contributed by atoms with Crippen LogP contribution in [0, 0.1) is 17.8 Å². The van der Waals surface area contributed by atoms with Crippen molar-refractivity contribution in [2.45, 2.75) is 57.2 Å². The van der Waals surface area contributed by atoms with Crippen molar-refractivity contribution in [3.05, 3.63) is 0 Å². The third-order valence-corrected chi connectivity index (χ3v) is 4.46. The van der Waals surface area contributed by atoms with E-state index in [0.717, 1.165) is 12.8 Å². The summed E-state index contributed by atoms with van der Waals surface area (Å²) in [6, 6.07) is 0. The Labute approximate surface area is 116 Å². The van der Waals surface area contributed by atoms with Crippen molar-refractivity contribution < 1.29 is 23.1 Å². The van der Waals surface area contributed by atoms with Crippen LogP contribution in [0.4, 0.5) is 13.2 Å². The number of aliphatic hydroxyl groups excluding tert-OH is 1. The number of hydrogen-bond acceptors (Lipinski definition) is 2. The van der Waals surface area contributed by atoms with Gasteiger partial charge in [0.1, 0.15) is 0 Å². The van der Waals surface area contributed by atoms with Crippen molar-refractivity contribution in [2.75, 3.05) is 6.54 Å². The predicted molar refractivity (Wildman–Crippen MR) is 67.9 cm³/mol. The van der Waals surface area contributed by atoms with Crippen LogP contribution in [-0.2, 0) is 4.79 Å². The highest BCUT2D eigenvalue weighted by molar-refractivity contribution is 5.76. The van der Waals surface area contributed by atoms with Crippen LogP contribution in [0.15, 0.2) is 0 Å². The molecule has 0 unspecified atom stereocenters. The molecule has 2 aliphatic rings. The average Bonchev–Trinajstić information content (AvgIpc) is 3.20. The molecular formula is C14H22F3NO2. The Morgan fingerprint density at radius 3 is 2.25 bits per heavy atom. The van der Waals surface area contributed by atoms with Gasteiger partial charge in [-0.2, -0.15) is 13.2 Å². The molecule has 0 radical (unpaired) electrons. The van der Waals surface area contributed by atoms with E-state index in [1.54, 1.807) is 0 Å². The Morgan fingerprint density at radius 1 is 1.15 bits per heavy atom. The first-order valence-corrected chi connectivity index (χ1v) is 7.37. The Hall–Kier alpha value is -0.780. The summed E-state index contributed by atoms with van der Waals surface area (Å²) in [5.41, 5.74) is 0. The van der Waals surface area contributed by atoms with E-state index in [9.17, 15) is 23.1 Å². The molecule has 2 fully saturated rings. The molecule has 0 aromatic carbocycles. The second kappa shape index (κ2) is 6.33. The molecule has 1 amide bonds. The Balaban J connectivity index is 1.63. The zero-order valence-electron chi connectivity index (χ0n) is 11.5. The Morgan fingerprint density at radius 2 is 1.75 bits per heavy atom. The fraction of sp³-hybridized carbons (Fsp3) is 0.929. The summed E-state index contributed by atoms with van der Waals surface area (Å²) in [6.45, 7) is 0.265. The van der Waals surface area contributed by atoms with Crippen molar-refractivity contribution in [3.8, 4) is 0 Å². The molecule has 0 saturated heterocycles. The van der Waals surface area contributed by atoms with Gasteiger partial charge < -0.3 is 10.4 Å². The van der Waals surface area contributed by atoms with Crippen LogP contribution < -0.4 is 5.32 Å². The van der Waals surface area contributed by atoms with E-state index in [4.69, 9.17) is 0 Å². The molecule has 0 bridgehead atoms. The summed E-state index contributed by atoms with van der Waals surface area (Å²) in [5.74, 6) is -0.983. The first kappa shape index (κ1) is 15.6. The molecule has 6 heteroatoms. The molecule has 1 atom stereocenters. The van der Waals surface area contributed by atoms with Gasteiger partial charge in [0.05, 0.1) is 12.0 Å². The highest BCUT2D eigenvalue weighted by atomic mass is 19.4. The van der Waals surface area contributed by atoms with Crippen molar-refractivity contribution in [1.82, 2.24) is 5.32 Å². The summed E-state index contributed by atoms with van der Waals surface area (Å²) in [6.07, 6.45) is -1.08. The minimum absolute atomic E-state index is 0.0478. The quantitative estimate of drug-likeness (QED) is 0.818. The molecule has 2 aliphatic carbocycles. The van der Waals surface area contributed by atoms with E-state index in [1.807, 2.05) is 0 Å². The minimum Gasteiger partial charge on any atom is -0.391 e. The molecule has 0 heterocycles. The molecule has 2 N–H and O–H groups in total. The summed E-state index contributed by atoms with van der Waals surface area (Å²) in [7, 11) is 0. The summed E-state index contributed by atoms with van der Waals surface area (Å²) < 4.78 is 37.5. The maximum absolute atomic E-state index is 12.5. The SMILES string of the molecule is O=C(CC1CCC(C(F)(F)F)CC1)NC[C@H](O)C1CC1. The van der Waals surface area contributed by atoms with Crippen molar-refractivity contribution in [2.24, 2.45) is 17.8 Å². The van der Waals surface area contributed by atoms with Crippen LogP contribution in [0.1, 0.15) is 44.9 Å². The molecule has 0 spiro atoms. The minimum atomic E-state index is -4.10. The fourth-order valence-corrected chi connectivity index (χ4v) is 2.89. The summed E-state index contributed by atoms with van der Waals surface area (Å²) in [4.78, 5) is 11.7. The summed E-state index contributed by atoms with van der Waals surface area (Å²) >= 11 is 0. The first-order valence-electron chi connectivity index (χ1n) is 7.37. The topological polar surface area (TPSA) is 49.3 Å². The smallest absolute Gasteiger partial charge is 0.391 e. The fourth-order valence-electron chi connectivity index (χ4n) is 2.89. The highest BCUT2D eigenvalue weighted by Crippen LogP contribution is 2.40. The van der Waals surface area contributed by atoms with Gasteiger partial charge in [-0.05, 0) is 50.4 Å². The lowest BCUT2D eigenvalue weighted by molar-refractivity contribution is -0.184. The number of hydrogen-bond donors (Lipinski definition) is 2. The van der Waals surface area contributed by atoms with Crippen LogP contribution in [0.3, 0.4) is 0 Å². The molecule has 3 nitrogen and oxygen atoms in total. The van der Waals surface area contributed by atoms with Crippen LogP contribution in [0.5, 0.6) is 0 Å². The van der Waals surface area contributed by atoms with Gasteiger partial charge in [0.2, 0.25) is 5.91 Å². The van der Waals surface area contributed by atoms with Gasteiger partial charge in [0.25, 0.3) is 0 Å². The number of rotatable bonds is 5. The van der Waals surface area contributed by atoms with E-state index in [2.05, 4.69) is 5.32 Å². The molecule has 116 valence electrons. The number of alkyl halides is 3. The van der Waals surface area contributed by atoms with Crippen molar-refractivity contribution in [3.63, 3.8) is 0 Å². The molecular weight excluding hydrogens is 271 g/mol. The Kier molecular flexibility index (Phi) is 4.94. The summed E-state index contributed by atoms with van der Waals surface area (Å²) in [5, 5.41) is 12.3. The average molecular weight is 293 g/mol. The highest BCUT2D eigenvalue weighted by Gasteiger charge is 2.41. The lowest BCUT2D eigenvalue weighted by Crippen LogP contribution is -2.35. The zero-order chi connectivity index (χ0) is 14.8. The van der Waals surface area contributed by atoms with E-state index in [-0.39, 0.29) is 37.6 Å². The van der Waals surface area contributed by atoms with E-state index in [1.165, 1.54) is 0 Å². The second-order valence-corrected chi connectivity index (χ2v) is 6.17. The molecule has 20 heavy (non-hydrogen) atoms.